The lowest BCUT2D eigenvalue weighted by molar-refractivity contribution is -0.121. The summed E-state index contributed by atoms with van der Waals surface area (Å²) in [6.07, 6.45) is 0.0597. The first-order chi connectivity index (χ1) is 14.0. The molecule has 2 heterocycles. The zero-order valence-electron chi connectivity index (χ0n) is 15.7. The quantitative estimate of drug-likeness (QED) is 0.647. The molecule has 1 aliphatic rings. The standard InChI is InChI=1S/C21H19N3O4S/c1-13-14-6-2-4-8-16(14)28-20(13)21(27)23-22-18(25)10-11-24-15-7-3-5-9-17(15)29-12-19(24)26/h2-9H,10-12H2,1H3,(H,22,25)(H,23,27). The number of nitrogens with zero attached hydrogens (tertiary/aromatic N) is 1. The summed E-state index contributed by atoms with van der Waals surface area (Å²) in [5.74, 6) is -0.452. The number of thioether (sulfide) groups is 1. The van der Waals surface area contributed by atoms with Gasteiger partial charge in [-0.25, -0.2) is 0 Å². The van der Waals surface area contributed by atoms with E-state index in [-0.39, 0.29) is 24.6 Å². The fourth-order valence-corrected chi connectivity index (χ4v) is 4.18. The number of benzene rings is 2. The number of hydrogen-bond donors (Lipinski definition) is 2. The van der Waals surface area contributed by atoms with Crippen molar-refractivity contribution in [2.45, 2.75) is 18.2 Å². The van der Waals surface area contributed by atoms with Crippen molar-refractivity contribution >= 4 is 46.1 Å². The summed E-state index contributed by atoms with van der Waals surface area (Å²) in [5.41, 5.74) is 6.90. The van der Waals surface area contributed by atoms with E-state index >= 15 is 0 Å². The molecule has 3 amide bonds. The lowest BCUT2D eigenvalue weighted by atomic mass is 10.1. The van der Waals surface area contributed by atoms with Crippen LogP contribution in [-0.2, 0) is 9.59 Å². The highest BCUT2D eigenvalue weighted by molar-refractivity contribution is 8.00. The molecule has 3 aromatic rings. The Hall–Kier alpha value is -3.26. The summed E-state index contributed by atoms with van der Waals surface area (Å²) in [4.78, 5) is 39.4. The predicted molar refractivity (Wildman–Crippen MR) is 111 cm³/mol. The van der Waals surface area contributed by atoms with E-state index in [9.17, 15) is 14.4 Å². The number of anilines is 1. The van der Waals surface area contributed by atoms with Crippen LogP contribution in [0.2, 0.25) is 0 Å². The van der Waals surface area contributed by atoms with Gasteiger partial charge in [-0.15, -0.1) is 11.8 Å². The highest BCUT2D eigenvalue weighted by Gasteiger charge is 2.25. The molecule has 0 saturated carbocycles. The van der Waals surface area contributed by atoms with E-state index in [0.29, 0.717) is 16.9 Å². The van der Waals surface area contributed by atoms with Crippen molar-refractivity contribution in [2.75, 3.05) is 17.2 Å². The number of hydrogen-bond acceptors (Lipinski definition) is 5. The molecular formula is C21H19N3O4S. The Kier molecular flexibility index (Phi) is 5.26. The van der Waals surface area contributed by atoms with Crippen LogP contribution in [0, 0.1) is 6.92 Å². The van der Waals surface area contributed by atoms with Crippen LogP contribution in [0.25, 0.3) is 11.0 Å². The van der Waals surface area contributed by atoms with Crippen LogP contribution in [0.1, 0.15) is 22.5 Å². The number of para-hydroxylation sites is 2. The van der Waals surface area contributed by atoms with Gasteiger partial charge in [0.2, 0.25) is 11.8 Å². The van der Waals surface area contributed by atoms with Gasteiger partial charge in [0.1, 0.15) is 5.58 Å². The number of carbonyl (C=O) groups excluding carboxylic acids is 3. The molecular weight excluding hydrogens is 390 g/mol. The lowest BCUT2D eigenvalue weighted by Gasteiger charge is -2.28. The third kappa shape index (κ3) is 3.84. The van der Waals surface area contributed by atoms with Crippen LogP contribution < -0.4 is 15.8 Å². The minimum Gasteiger partial charge on any atom is -0.451 e. The molecule has 0 radical (unpaired) electrons. The van der Waals surface area contributed by atoms with Gasteiger partial charge >= 0.3 is 5.91 Å². The van der Waals surface area contributed by atoms with Gasteiger partial charge in [0.15, 0.2) is 5.76 Å². The maximum atomic E-state index is 12.4. The van der Waals surface area contributed by atoms with Gasteiger partial charge in [0, 0.05) is 28.8 Å². The van der Waals surface area contributed by atoms with Crippen LogP contribution >= 0.6 is 11.8 Å². The maximum Gasteiger partial charge on any atom is 0.305 e. The van der Waals surface area contributed by atoms with Gasteiger partial charge in [-0.05, 0) is 25.1 Å². The smallest absolute Gasteiger partial charge is 0.305 e. The molecule has 0 fully saturated rings. The summed E-state index contributed by atoms with van der Waals surface area (Å²) in [7, 11) is 0. The fraction of sp³-hybridized carbons (Fsp3) is 0.190. The predicted octanol–water partition coefficient (Wildman–Crippen LogP) is 3.03. The first-order valence-corrected chi connectivity index (χ1v) is 10.1. The molecule has 1 aliphatic heterocycles. The largest absolute Gasteiger partial charge is 0.451 e. The molecule has 29 heavy (non-hydrogen) atoms. The van der Waals surface area contributed by atoms with Gasteiger partial charge in [-0.2, -0.15) is 0 Å². The van der Waals surface area contributed by atoms with Crippen molar-refractivity contribution in [3.05, 3.63) is 59.9 Å². The molecule has 1 aromatic heterocycles. The number of fused-ring (bicyclic) bond motifs is 2. The van der Waals surface area contributed by atoms with Crippen molar-refractivity contribution in [2.24, 2.45) is 0 Å². The molecule has 0 aliphatic carbocycles. The molecule has 8 heteroatoms. The van der Waals surface area contributed by atoms with E-state index in [1.165, 1.54) is 11.8 Å². The van der Waals surface area contributed by atoms with Gasteiger partial charge in [0.05, 0.1) is 11.4 Å². The number of carbonyl (C=O) groups is 3. The third-order valence-corrected chi connectivity index (χ3v) is 5.78. The minimum atomic E-state index is -0.525. The zero-order chi connectivity index (χ0) is 20.4. The second kappa shape index (κ2) is 8.00. The van der Waals surface area contributed by atoms with Gasteiger partial charge in [-0.3, -0.25) is 25.2 Å². The van der Waals surface area contributed by atoms with Crippen molar-refractivity contribution in [1.29, 1.82) is 0 Å². The SMILES string of the molecule is Cc1c(C(=O)NNC(=O)CCN2C(=O)CSc3ccccc32)oc2ccccc12. The number of amides is 3. The van der Waals surface area contributed by atoms with Crippen molar-refractivity contribution in [1.82, 2.24) is 10.9 Å². The van der Waals surface area contributed by atoms with Crippen molar-refractivity contribution in [3.63, 3.8) is 0 Å². The Bertz CT molecular complexity index is 1110. The summed E-state index contributed by atoms with van der Waals surface area (Å²) in [6, 6.07) is 14.9. The number of furan rings is 1. The van der Waals surface area contributed by atoms with Crippen LogP contribution in [0.3, 0.4) is 0 Å². The van der Waals surface area contributed by atoms with Gasteiger partial charge in [-0.1, -0.05) is 30.3 Å². The van der Waals surface area contributed by atoms with Crippen LogP contribution in [0.5, 0.6) is 0 Å². The number of hydrazine groups is 1. The highest BCUT2D eigenvalue weighted by atomic mass is 32.2. The monoisotopic (exact) mass is 409 g/mol. The average molecular weight is 409 g/mol. The molecule has 7 nitrogen and oxygen atoms in total. The Labute approximate surface area is 171 Å². The van der Waals surface area contributed by atoms with E-state index < -0.39 is 11.8 Å². The van der Waals surface area contributed by atoms with E-state index in [1.54, 1.807) is 17.9 Å². The topological polar surface area (TPSA) is 91.7 Å². The second-order valence-corrected chi connectivity index (χ2v) is 7.62. The van der Waals surface area contributed by atoms with Crippen molar-refractivity contribution in [3.8, 4) is 0 Å². The number of aryl methyl sites for hydroxylation is 1. The zero-order valence-corrected chi connectivity index (χ0v) is 16.5. The van der Waals surface area contributed by atoms with Crippen LogP contribution in [0.15, 0.2) is 57.8 Å². The summed E-state index contributed by atoms with van der Waals surface area (Å²) < 4.78 is 5.58. The minimum absolute atomic E-state index is 0.0385. The van der Waals surface area contributed by atoms with Crippen molar-refractivity contribution < 1.29 is 18.8 Å². The highest BCUT2D eigenvalue weighted by Crippen LogP contribution is 2.34. The Balaban J connectivity index is 1.35. The Morgan fingerprint density at radius 3 is 2.69 bits per heavy atom. The number of nitrogens with one attached hydrogen (secondary N) is 2. The van der Waals surface area contributed by atoms with E-state index in [4.69, 9.17) is 4.42 Å². The molecule has 0 atom stereocenters. The first-order valence-electron chi connectivity index (χ1n) is 9.14. The molecule has 148 valence electrons. The fourth-order valence-electron chi connectivity index (χ4n) is 3.25. The molecule has 0 bridgehead atoms. The lowest BCUT2D eigenvalue weighted by Crippen LogP contribution is -2.44. The number of rotatable bonds is 4. The van der Waals surface area contributed by atoms with Gasteiger partial charge in [0.25, 0.3) is 0 Å². The van der Waals surface area contributed by atoms with Crippen LogP contribution in [0.4, 0.5) is 5.69 Å². The molecule has 0 unspecified atom stereocenters. The molecule has 0 spiro atoms. The Morgan fingerprint density at radius 1 is 1.10 bits per heavy atom. The third-order valence-electron chi connectivity index (χ3n) is 4.74. The van der Waals surface area contributed by atoms with E-state index in [1.807, 2.05) is 42.5 Å². The van der Waals surface area contributed by atoms with Crippen LogP contribution in [-0.4, -0.2) is 30.0 Å². The molecule has 4 rings (SSSR count). The van der Waals surface area contributed by atoms with Gasteiger partial charge < -0.3 is 9.32 Å². The second-order valence-electron chi connectivity index (χ2n) is 6.61. The summed E-state index contributed by atoms with van der Waals surface area (Å²) >= 11 is 1.49. The summed E-state index contributed by atoms with van der Waals surface area (Å²) in [5, 5.41) is 0.851. The molecule has 0 saturated heterocycles. The Morgan fingerprint density at radius 2 is 1.86 bits per heavy atom. The molecule has 2 N–H and O–H groups in total. The van der Waals surface area contributed by atoms with E-state index in [2.05, 4.69) is 10.9 Å². The normalized spacial score (nSPS) is 13.3. The maximum absolute atomic E-state index is 12.4. The first kappa shape index (κ1) is 19.1. The summed E-state index contributed by atoms with van der Waals surface area (Å²) in [6.45, 7) is 2.03. The molecule has 2 aromatic carbocycles. The van der Waals surface area contributed by atoms with E-state index in [0.717, 1.165) is 16.0 Å². The average Bonchev–Trinajstić information content (AvgIpc) is 3.08.